The molecule has 0 aromatic heterocycles. The fraction of sp³-hybridized carbons (Fsp3) is 0.741. The van der Waals surface area contributed by atoms with Gasteiger partial charge in [-0.05, 0) is 47.2 Å². The van der Waals surface area contributed by atoms with Crippen molar-refractivity contribution in [1.82, 2.24) is 0 Å². The number of rotatable bonds is 18. The SMILES string of the molecule is COCO[C@@H](C[C@@H](CCOCc1ccc(OC)cc1)O[Si](C(C)C)(C(C)C)C(C)C)[C@H](C)C=O. The van der Waals surface area contributed by atoms with Gasteiger partial charge in [0.05, 0.1) is 19.8 Å². The highest BCUT2D eigenvalue weighted by atomic mass is 28.4. The van der Waals surface area contributed by atoms with Crippen molar-refractivity contribution in [2.75, 3.05) is 27.6 Å². The summed E-state index contributed by atoms with van der Waals surface area (Å²) < 4.78 is 29.4. The van der Waals surface area contributed by atoms with E-state index in [-0.39, 0.29) is 24.9 Å². The van der Waals surface area contributed by atoms with E-state index in [0.717, 1.165) is 24.0 Å². The lowest BCUT2D eigenvalue weighted by Gasteiger charge is -2.45. The van der Waals surface area contributed by atoms with E-state index in [1.165, 1.54) is 0 Å². The molecule has 0 spiro atoms. The highest BCUT2D eigenvalue weighted by molar-refractivity contribution is 6.77. The molecule has 1 aromatic carbocycles. The fourth-order valence-corrected chi connectivity index (χ4v) is 10.6. The molecule has 0 saturated heterocycles. The molecule has 1 rings (SSSR count). The van der Waals surface area contributed by atoms with Crippen LogP contribution in [0.1, 0.15) is 66.9 Å². The standard InChI is InChI=1S/C27H48O6Si/c1-20(2)34(21(3)4,22(5)6)33-26(16-27(23(7)17-28)32-19-29-8)14-15-31-18-24-10-12-25(30-9)13-11-24/h10-13,17,20-23,26-27H,14-16,18-19H2,1-9H3/t23-,26-,27+/m1/s1. The molecule has 196 valence electrons. The predicted molar refractivity (Wildman–Crippen MR) is 140 cm³/mol. The van der Waals surface area contributed by atoms with Crippen LogP contribution in [0.25, 0.3) is 0 Å². The fourth-order valence-electron chi connectivity index (χ4n) is 4.99. The lowest BCUT2D eigenvalue weighted by molar-refractivity contribution is -0.126. The van der Waals surface area contributed by atoms with Gasteiger partial charge in [0, 0.05) is 25.7 Å². The number of carbonyl (C=O) groups is 1. The number of hydrogen-bond donors (Lipinski definition) is 0. The Labute approximate surface area is 208 Å². The second-order valence-corrected chi connectivity index (χ2v) is 15.5. The van der Waals surface area contributed by atoms with E-state index in [0.29, 0.717) is 36.3 Å². The summed E-state index contributed by atoms with van der Waals surface area (Å²) in [6.07, 6.45) is 2.02. The molecule has 7 heteroatoms. The summed E-state index contributed by atoms with van der Waals surface area (Å²) in [5.41, 5.74) is 2.51. The van der Waals surface area contributed by atoms with E-state index in [1.54, 1.807) is 14.2 Å². The molecular formula is C27H48O6Si. The zero-order chi connectivity index (χ0) is 25.7. The van der Waals surface area contributed by atoms with Gasteiger partial charge in [0.1, 0.15) is 18.8 Å². The zero-order valence-corrected chi connectivity index (χ0v) is 23.8. The third kappa shape index (κ3) is 9.08. The van der Waals surface area contributed by atoms with Crippen molar-refractivity contribution >= 4 is 14.6 Å². The summed E-state index contributed by atoms with van der Waals surface area (Å²) >= 11 is 0. The Bertz CT molecular complexity index is 654. The van der Waals surface area contributed by atoms with Gasteiger partial charge >= 0.3 is 0 Å². The molecule has 0 unspecified atom stereocenters. The van der Waals surface area contributed by atoms with E-state index in [9.17, 15) is 4.79 Å². The third-order valence-electron chi connectivity index (χ3n) is 6.79. The van der Waals surface area contributed by atoms with Crippen LogP contribution in [0, 0.1) is 5.92 Å². The summed E-state index contributed by atoms with van der Waals surface area (Å²) in [6, 6.07) is 7.91. The Morgan fingerprint density at radius 3 is 1.97 bits per heavy atom. The Hall–Kier alpha value is -1.25. The van der Waals surface area contributed by atoms with Gasteiger partial charge in [0.25, 0.3) is 0 Å². The monoisotopic (exact) mass is 496 g/mol. The summed E-state index contributed by atoms with van der Waals surface area (Å²) in [7, 11) is 1.14. The predicted octanol–water partition coefficient (Wildman–Crippen LogP) is 6.38. The van der Waals surface area contributed by atoms with E-state index < -0.39 is 8.32 Å². The number of hydrogen-bond acceptors (Lipinski definition) is 6. The molecule has 0 aliphatic rings. The van der Waals surface area contributed by atoms with Crippen LogP contribution in [0.5, 0.6) is 5.75 Å². The molecule has 0 bridgehead atoms. The smallest absolute Gasteiger partial charge is 0.200 e. The molecule has 1 aromatic rings. The van der Waals surface area contributed by atoms with Gasteiger partial charge in [-0.25, -0.2) is 0 Å². The maximum atomic E-state index is 11.6. The third-order valence-corrected chi connectivity index (χ3v) is 12.9. The van der Waals surface area contributed by atoms with Crippen LogP contribution in [-0.2, 0) is 30.0 Å². The number of ether oxygens (including phenoxy) is 4. The average molecular weight is 497 g/mol. The zero-order valence-electron chi connectivity index (χ0n) is 22.8. The first-order valence-corrected chi connectivity index (χ1v) is 14.7. The van der Waals surface area contributed by atoms with Gasteiger partial charge < -0.3 is 28.2 Å². The Morgan fingerprint density at radius 1 is 0.912 bits per heavy atom. The van der Waals surface area contributed by atoms with Crippen molar-refractivity contribution in [3.05, 3.63) is 29.8 Å². The second-order valence-electron chi connectivity index (χ2n) is 10.1. The van der Waals surface area contributed by atoms with Crippen molar-refractivity contribution < 1.29 is 28.2 Å². The molecule has 0 amide bonds. The average Bonchev–Trinajstić information content (AvgIpc) is 2.81. The topological polar surface area (TPSA) is 63.2 Å². The van der Waals surface area contributed by atoms with Crippen molar-refractivity contribution in [1.29, 1.82) is 0 Å². The molecule has 0 saturated carbocycles. The molecule has 0 aliphatic carbocycles. The molecular weight excluding hydrogens is 448 g/mol. The van der Waals surface area contributed by atoms with Crippen LogP contribution in [0.15, 0.2) is 24.3 Å². The van der Waals surface area contributed by atoms with Crippen LogP contribution in [0.4, 0.5) is 0 Å². The van der Waals surface area contributed by atoms with Crippen LogP contribution in [0.3, 0.4) is 0 Å². The van der Waals surface area contributed by atoms with Crippen LogP contribution < -0.4 is 4.74 Å². The number of methoxy groups -OCH3 is 2. The molecule has 34 heavy (non-hydrogen) atoms. The van der Waals surface area contributed by atoms with Crippen molar-refractivity contribution in [3.8, 4) is 5.75 Å². The molecule has 0 radical (unpaired) electrons. The van der Waals surface area contributed by atoms with Gasteiger partial charge in [0.2, 0.25) is 8.32 Å². The van der Waals surface area contributed by atoms with Gasteiger partial charge in [-0.2, -0.15) is 0 Å². The van der Waals surface area contributed by atoms with E-state index in [2.05, 4.69) is 41.5 Å². The van der Waals surface area contributed by atoms with Crippen LogP contribution in [0.2, 0.25) is 16.6 Å². The highest BCUT2D eigenvalue weighted by Crippen LogP contribution is 2.44. The minimum absolute atomic E-state index is 0.0565. The van der Waals surface area contributed by atoms with E-state index >= 15 is 0 Å². The normalized spacial score (nSPS) is 15.1. The van der Waals surface area contributed by atoms with Gasteiger partial charge in [-0.1, -0.05) is 60.6 Å². The van der Waals surface area contributed by atoms with Crippen LogP contribution in [-0.4, -0.2) is 54.4 Å². The van der Waals surface area contributed by atoms with Crippen molar-refractivity contribution in [3.63, 3.8) is 0 Å². The Balaban J connectivity index is 2.98. The van der Waals surface area contributed by atoms with E-state index in [4.69, 9.17) is 23.4 Å². The summed E-state index contributed by atoms with van der Waals surface area (Å²) in [4.78, 5) is 11.6. The molecule has 0 heterocycles. The first-order chi connectivity index (χ1) is 16.1. The second kappa shape index (κ2) is 15.7. The van der Waals surface area contributed by atoms with Gasteiger partial charge in [-0.3, -0.25) is 0 Å². The molecule has 0 fully saturated rings. The quantitative estimate of drug-likeness (QED) is 0.102. The van der Waals surface area contributed by atoms with Crippen molar-refractivity contribution in [2.24, 2.45) is 5.92 Å². The molecule has 6 nitrogen and oxygen atoms in total. The lowest BCUT2D eigenvalue weighted by atomic mass is 9.99. The lowest BCUT2D eigenvalue weighted by Crippen LogP contribution is -2.51. The summed E-state index contributed by atoms with van der Waals surface area (Å²) in [6.45, 7) is 16.9. The number of benzene rings is 1. The maximum absolute atomic E-state index is 11.6. The van der Waals surface area contributed by atoms with Gasteiger partial charge in [-0.15, -0.1) is 0 Å². The molecule has 3 atom stereocenters. The Kier molecular flexibility index (Phi) is 14.2. The van der Waals surface area contributed by atoms with E-state index in [1.807, 2.05) is 31.2 Å². The highest BCUT2D eigenvalue weighted by Gasteiger charge is 2.46. The largest absolute Gasteiger partial charge is 0.497 e. The first-order valence-electron chi connectivity index (χ1n) is 12.6. The number of carbonyl (C=O) groups excluding carboxylic acids is 1. The number of aldehydes is 1. The minimum Gasteiger partial charge on any atom is -0.497 e. The first kappa shape index (κ1) is 30.8. The minimum atomic E-state index is -2.11. The summed E-state index contributed by atoms with van der Waals surface area (Å²) in [5.74, 6) is 0.593. The maximum Gasteiger partial charge on any atom is 0.200 e. The van der Waals surface area contributed by atoms with Gasteiger partial charge in [0.15, 0.2) is 0 Å². The molecule has 0 N–H and O–H groups in total. The van der Waals surface area contributed by atoms with Crippen LogP contribution >= 0.6 is 0 Å². The Morgan fingerprint density at radius 2 is 1.50 bits per heavy atom. The van der Waals surface area contributed by atoms with Crippen molar-refractivity contribution in [2.45, 2.75) is 96.7 Å². The molecule has 0 aliphatic heterocycles. The summed E-state index contributed by atoms with van der Waals surface area (Å²) in [5, 5.41) is 0.